The quantitative estimate of drug-likeness (QED) is 0.356. The van der Waals surface area contributed by atoms with Crippen molar-refractivity contribution in [2.24, 2.45) is 5.41 Å². The molecule has 1 N–H and O–H groups in total. The normalized spacial score (nSPS) is 26.4. The molecule has 0 radical (unpaired) electrons. The molecular formula is C30H24F3N5O3. The Kier molecular flexibility index (Phi) is 5.32. The fraction of sp³-hybridized carbons (Fsp3) is 0.333. The van der Waals surface area contributed by atoms with Gasteiger partial charge >= 0.3 is 6.61 Å². The summed E-state index contributed by atoms with van der Waals surface area (Å²) in [6, 6.07) is 12.6. The van der Waals surface area contributed by atoms with E-state index >= 15 is 4.39 Å². The number of amides is 1. The average molecular weight is 560 g/mol. The van der Waals surface area contributed by atoms with Gasteiger partial charge in [-0.2, -0.15) is 14.0 Å². The summed E-state index contributed by atoms with van der Waals surface area (Å²) in [4.78, 5) is 23.9. The number of pyridine rings is 1. The summed E-state index contributed by atoms with van der Waals surface area (Å²) >= 11 is 0. The first-order chi connectivity index (χ1) is 19.5. The number of hydrogen-bond donors (Lipinski definition) is 1. The van der Waals surface area contributed by atoms with Crippen LogP contribution in [0.25, 0.3) is 22.2 Å². The van der Waals surface area contributed by atoms with E-state index in [2.05, 4.69) is 11.1 Å². The van der Waals surface area contributed by atoms with Crippen molar-refractivity contribution < 1.29 is 27.8 Å². The molecule has 1 saturated carbocycles. The van der Waals surface area contributed by atoms with Crippen molar-refractivity contribution in [3.05, 3.63) is 77.1 Å². The van der Waals surface area contributed by atoms with Crippen LogP contribution in [-0.4, -0.2) is 44.1 Å². The summed E-state index contributed by atoms with van der Waals surface area (Å²) in [7, 11) is 1.67. The maximum atomic E-state index is 15.3. The van der Waals surface area contributed by atoms with E-state index in [1.165, 1.54) is 24.4 Å². The molecule has 0 spiro atoms. The van der Waals surface area contributed by atoms with Crippen LogP contribution in [0.4, 0.5) is 13.2 Å². The van der Waals surface area contributed by atoms with Gasteiger partial charge in [0.15, 0.2) is 0 Å². The zero-order valence-electron chi connectivity index (χ0n) is 22.1. The van der Waals surface area contributed by atoms with E-state index in [0.717, 1.165) is 0 Å². The number of halogens is 3. The van der Waals surface area contributed by atoms with Crippen molar-refractivity contribution >= 4 is 16.9 Å². The van der Waals surface area contributed by atoms with Crippen molar-refractivity contribution in [3.8, 4) is 22.9 Å². The van der Waals surface area contributed by atoms with Crippen LogP contribution in [0.15, 0.2) is 48.7 Å². The van der Waals surface area contributed by atoms with Crippen molar-refractivity contribution in [2.75, 3.05) is 7.05 Å². The van der Waals surface area contributed by atoms with Gasteiger partial charge in [0.1, 0.15) is 28.7 Å². The molecule has 2 aromatic carbocycles. The number of nitrogens with zero attached hydrogens (tertiary/aromatic N) is 5. The molecule has 0 unspecified atom stereocenters. The number of fused-ring (bicyclic) bond motifs is 9. The maximum absolute atomic E-state index is 15.3. The van der Waals surface area contributed by atoms with Crippen LogP contribution in [-0.2, 0) is 5.60 Å². The molecule has 8 nitrogen and oxygen atoms in total. The summed E-state index contributed by atoms with van der Waals surface area (Å²) in [5.41, 5.74) is 0.829. The highest BCUT2D eigenvalue weighted by Crippen LogP contribution is 2.54. The molecule has 2 aromatic heterocycles. The van der Waals surface area contributed by atoms with Crippen LogP contribution in [0.5, 0.6) is 5.75 Å². The first kappa shape index (κ1) is 25.5. The summed E-state index contributed by atoms with van der Waals surface area (Å²) in [5.74, 6) is -0.392. The van der Waals surface area contributed by atoms with Gasteiger partial charge in [-0.3, -0.25) is 9.78 Å². The molecule has 4 aromatic rings. The minimum atomic E-state index is -3.06. The summed E-state index contributed by atoms with van der Waals surface area (Å²) in [5, 5.41) is 20.2. The third kappa shape index (κ3) is 3.67. The van der Waals surface area contributed by atoms with Gasteiger partial charge in [-0.05, 0) is 42.8 Å². The number of nitriles is 1. The van der Waals surface area contributed by atoms with Crippen LogP contribution >= 0.6 is 0 Å². The fourth-order valence-corrected chi connectivity index (χ4v) is 6.88. The number of carbonyl (C=O) groups excluding carboxylic acids is 1. The van der Waals surface area contributed by atoms with E-state index < -0.39 is 29.5 Å². The lowest BCUT2D eigenvalue weighted by molar-refractivity contribution is -0.108. The Morgan fingerprint density at radius 2 is 1.95 bits per heavy atom. The molecule has 3 aliphatic rings. The summed E-state index contributed by atoms with van der Waals surface area (Å²) < 4.78 is 48.8. The van der Waals surface area contributed by atoms with Crippen LogP contribution in [0.3, 0.4) is 0 Å². The zero-order valence-corrected chi connectivity index (χ0v) is 22.1. The van der Waals surface area contributed by atoms with E-state index in [1.807, 2.05) is 10.6 Å². The van der Waals surface area contributed by atoms with Crippen LogP contribution < -0.4 is 4.74 Å². The summed E-state index contributed by atoms with van der Waals surface area (Å²) in [6.45, 7) is -1.34. The lowest BCUT2D eigenvalue weighted by Crippen LogP contribution is -2.48. The van der Waals surface area contributed by atoms with Gasteiger partial charge in [-0.1, -0.05) is 12.1 Å². The second-order valence-electron chi connectivity index (χ2n) is 11.4. The first-order valence-corrected chi connectivity index (χ1v) is 13.2. The molecule has 7 rings (SSSR count). The number of alkyl halides is 2. The number of imidazole rings is 1. The van der Waals surface area contributed by atoms with E-state index in [4.69, 9.17) is 9.72 Å². The van der Waals surface area contributed by atoms with Gasteiger partial charge in [0.2, 0.25) is 0 Å². The topological polar surface area (TPSA) is 104 Å². The smallest absolute Gasteiger partial charge is 0.387 e. The highest BCUT2D eigenvalue weighted by Gasteiger charge is 2.54. The lowest BCUT2D eigenvalue weighted by Gasteiger charge is -2.46. The van der Waals surface area contributed by atoms with Gasteiger partial charge in [0.25, 0.3) is 5.91 Å². The van der Waals surface area contributed by atoms with Gasteiger partial charge in [-0.25, -0.2) is 9.37 Å². The van der Waals surface area contributed by atoms with Gasteiger partial charge < -0.3 is 19.3 Å². The molecule has 1 amide bonds. The Bertz CT molecular complexity index is 1810. The molecule has 0 saturated heterocycles. The van der Waals surface area contributed by atoms with Gasteiger partial charge in [-0.15, -0.1) is 0 Å². The molecular weight excluding hydrogens is 535 g/mol. The predicted molar refractivity (Wildman–Crippen MR) is 140 cm³/mol. The van der Waals surface area contributed by atoms with Crippen molar-refractivity contribution in [3.63, 3.8) is 0 Å². The minimum absolute atomic E-state index is 0.0564. The molecule has 2 bridgehead atoms. The minimum Gasteiger partial charge on any atom is -0.434 e. The van der Waals surface area contributed by atoms with Crippen molar-refractivity contribution in [2.45, 2.75) is 50.5 Å². The monoisotopic (exact) mass is 559 g/mol. The number of rotatable bonds is 4. The van der Waals surface area contributed by atoms with Gasteiger partial charge in [0.05, 0.1) is 34.6 Å². The average Bonchev–Trinajstić information content (AvgIpc) is 3.44. The molecule has 1 fully saturated rings. The van der Waals surface area contributed by atoms with Crippen LogP contribution in [0.1, 0.15) is 65.7 Å². The zero-order chi connectivity index (χ0) is 28.8. The number of aromatic nitrogens is 3. The van der Waals surface area contributed by atoms with Crippen LogP contribution in [0.2, 0.25) is 0 Å². The number of benzene rings is 2. The second kappa shape index (κ2) is 8.54. The third-order valence-electron chi connectivity index (χ3n) is 8.66. The molecule has 1 aliphatic carbocycles. The van der Waals surface area contributed by atoms with E-state index in [0.29, 0.717) is 45.5 Å². The molecule has 2 aliphatic heterocycles. The van der Waals surface area contributed by atoms with E-state index in [9.17, 15) is 23.9 Å². The number of aliphatic hydroxyl groups is 1. The van der Waals surface area contributed by atoms with Crippen LogP contribution in [0, 0.1) is 22.6 Å². The van der Waals surface area contributed by atoms with Crippen molar-refractivity contribution in [1.29, 1.82) is 5.26 Å². The lowest BCUT2D eigenvalue weighted by atomic mass is 9.59. The van der Waals surface area contributed by atoms with E-state index in [-0.39, 0.29) is 36.2 Å². The fourth-order valence-electron chi connectivity index (χ4n) is 6.88. The third-order valence-corrected chi connectivity index (χ3v) is 8.66. The van der Waals surface area contributed by atoms with Crippen molar-refractivity contribution in [1.82, 2.24) is 19.4 Å². The Morgan fingerprint density at radius 3 is 2.66 bits per heavy atom. The highest BCUT2D eigenvalue weighted by molar-refractivity contribution is 5.98. The Labute approximate surface area is 232 Å². The van der Waals surface area contributed by atoms with Gasteiger partial charge in [0, 0.05) is 49.2 Å². The molecule has 4 heterocycles. The number of carbonyl (C=O) groups is 1. The number of hydrogen-bond acceptors (Lipinski definition) is 6. The molecule has 2 atom stereocenters. The first-order valence-electron chi connectivity index (χ1n) is 13.2. The number of ether oxygens (including phenoxy) is 1. The predicted octanol–water partition coefficient (Wildman–Crippen LogP) is 5.47. The molecule has 41 heavy (non-hydrogen) atoms. The SMILES string of the molecule is CN1C(=O)c2cccc(OC(F)F)c2[C@H]2C[C@@H]1c1nc3ccc(-c4cnc(C5(O)CC(C)(C#N)C5)c(F)c4)cc3n12. The maximum Gasteiger partial charge on any atom is 0.387 e. The largest absolute Gasteiger partial charge is 0.434 e. The standard InChI is InChI=1S/C30H24F3N5O3/c1-29(14-34)12-30(40,13-29)25-18(31)8-16(11-35-25)15-6-7-19-20(9-15)38-21-10-22(26(38)36-19)37(2)27(39)17-4-3-5-23(24(17)21)41-28(32)33/h3-9,11,21-22,28,40H,10,12-13H2,1-2H3/t21-,22-,29?,30?/m1/s1. The Morgan fingerprint density at radius 1 is 1.17 bits per heavy atom. The second-order valence-corrected chi connectivity index (χ2v) is 11.4. The Balaban J connectivity index is 1.33. The Hall–Kier alpha value is -4.43. The molecule has 11 heteroatoms. The highest BCUT2D eigenvalue weighted by atomic mass is 19.3. The van der Waals surface area contributed by atoms with E-state index in [1.54, 1.807) is 37.1 Å². The molecule has 208 valence electrons. The summed E-state index contributed by atoms with van der Waals surface area (Å²) in [6.07, 6.45) is 2.13.